The Morgan fingerprint density at radius 1 is 1.08 bits per heavy atom. The second-order valence-corrected chi connectivity index (χ2v) is 9.77. The van der Waals surface area contributed by atoms with Gasteiger partial charge in [0.1, 0.15) is 0 Å². The van der Waals surface area contributed by atoms with Crippen LogP contribution in [-0.2, 0) is 14.6 Å². The molecule has 1 saturated heterocycles. The smallest absolute Gasteiger partial charge is 0.241 e. The molecular weight excluding hydrogens is 336 g/mol. The zero-order chi connectivity index (χ0) is 17.9. The highest BCUT2D eigenvalue weighted by Gasteiger charge is 2.49. The molecule has 0 atom stereocenters. The highest BCUT2D eigenvalue weighted by molar-refractivity contribution is 7.92. The Bertz CT molecular complexity index is 689. The summed E-state index contributed by atoms with van der Waals surface area (Å²) in [5.74, 6) is 0.247. The number of benzene rings is 1. The maximum Gasteiger partial charge on any atom is 0.241 e. The molecule has 2 aliphatic rings. The molecule has 25 heavy (non-hydrogen) atoms. The number of hydrogen-bond donors (Lipinski definition) is 2. The minimum Gasteiger partial charge on any atom is -0.352 e. The van der Waals surface area contributed by atoms with Gasteiger partial charge in [0, 0.05) is 12.3 Å². The molecule has 3 rings (SSSR count). The predicted octanol–water partition coefficient (Wildman–Crippen LogP) is 2.00. The van der Waals surface area contributed by atoms with E-state index in [4.69, 9.17) is 0 Å². The van der Waals surface area contributed by atoms with E-state index in [-0.39, 0.29) is 11.9 Å². The van der Waals surface area contributed by atoms with E-state index in [1.807, 2.05) is 6.07 Å². The Morgan fingerprint density at radius 3 is 2.24 bits per heavy atom. The second-order valence-electron chi connectivity index (χ2n) is 7.45. The van der Waals surface area contributed by atoms with E-state index in [0.29, 0.717) is 31.8 Å². The Morgan fingerprint density at radius 2 is 1.68 bits per heavy atom. The Balaban J connectivity index is 1.62. The maximum absolute atomic E-state index is 12.9. The molecule has 2 N–H and O–H groups in total. The first kappa shape index (κ1) is 18.4. The van der Waals surface area contributed by atoms with Gasteiger partial charge in [0.2, 0.25) is 5.91 Å². The minimum atomic E-state index is -3.44. The number of amides is 1. The number of piperidine rings is 1. The molecule has 1 aliphatic carbocycles. The van der Waals surface area contributed by atoms with E-state index in [0.717, 1.165) is 25.7 Å². The summed E-state index contributed by atoms with van der Waals surface area (Å²) in [5, 5.41) is 6.21. The maximum atomic E-state index is 12.9. The van der Waals surface area contributed by atoms with Crippen LogP contribution in [0.1, 0.15) is 50.0 Å². The minimum absolute atomic E-state index is 0.0842. The van der Waals surface area contributed by atoms with Gasteiger partial charge in [-0.15, -0.1) is 0 Å². The van der Waals surface area contributed by atoms with Gasteiger partial charge in [-0.2, -0.15) is 0 Å². The molecule has 0 aromatic heterocycles. The summed E-state index contributed by atoms with van der Waals surface area (Å²) in [6, 6.07) is 10.6. The summed E-state index contributed by atoms with van der Waals surface area (Å²) in [6.07, 6.45) is 5.79. The Hall–Kier alpha value is -1.40. The van der Waals surface area contributed by atoms with Crippen molar-refractivity contribution in [2.45, 2.75) is 55.2 Å². The first-order chi connectivity index (χ1) is 11.9. The second kappa shape index (κ2) is 7.46. The van der Waals surface area contributed by atoms with E-state index in [2.05, 4.69) is 34.9 Å². The van der Waals surface area contributed by atoms with E-state index in [9.17, 15) is 13.2 Å². The SMILES string of the molecule is CS(=O)(=O)C1(C(=O)NC2CCC(c3ccccc3)CC2)CCNCC1. The number of sulfone groups is 1. The fourth-order valence-corrected chi connectivity index (χ4v) is 5.55. The van der Waals surface area contributed by atoms with Gasteiger partial charge in [0.15, 0.2) is 14.6 Å². The van der Waals surface area contributed by atoms with Crippen LogP contribution in [0.2, 0.25) is 0 Å². The largest absolute Gasteiger partial charge is 0.352 e. The van der Waals surface area contributed by atoms with Gasteiger partial charge in [-0.25, -0.2) is 8.42 Å². The van der Waals surface area contributed by atoms with Crippen molar-refractivity contribution in [2.24, 2.45) is 0 Å². The lowest BCUT2D eigenvalue weighted by Crippen LogP contribution is -2.59. The van der Waals surface area contributed by atoms with Crippen molar-refractivity contribution in [1.29, 1.82) is 0 Å². The molecule has 1 amide bonds. The van der Waals surface area contributed by atoms with Crippen LogP contribution in [0.3, 0.4) is 0 Å². The molecule has 0 spiro atoms. The highest BCUT2D eigenvalue weighted by Crippen LogP contribution is 2.34. The number of nitrogens with one attached hydrogen (secondary N) is 2. The van der Waals surface area contributed by atoms with Crippen LogP contribution < -0.4 is 10.6 Å². The molecule has 1 aliphatic heterocycles. The normalized spacial score (nSPS) is 26.8. The van der Waals surface area contributed by atoms with E-state index in [1.54, 1.807) is 0 Å². The van der Waals surface area contributed by atoms with Crippen molar-refractivity contribution >= 4 is 15.7 Å². The standard InChI is InChI=1S/C19H28N2O3S/c1-25(23,24)19(11-13-20-14-12-19)18(22)21-17-9-7-16(8-10-17)15-5-3-2-4-6-15/h2-6,16-17,20H,7-14H2,1H3,(H,21,22). The summed E-state index contributed by atoms with van der Waals surface area (Å²) >= 11 is 0. The molecular formula is C19H28N2O3S. The zero-order valence-electron chi connectivity index (χ0n) is 14.8. The predicted molar refractivity (Wildman–Crippen MR) is 99.3 cm³/mol. The molecule has 1 heterocycles. The lowest BCUT2D eigenvalue weighted by molar-refractivity contribution is -0.125. The average molecular weight is 365 g/mol. The number of hydrogen-bond acceptors (Lipinski definition) is 4. The summed E-state index contributed by atoms with van der Waals surface area (Å²) < 4.78 is 23.4. The average Bonchev–Trinajstić information content (AvgIpc) is 2.63. The summed E-state index contributed by atoms with van der Waals surface area (Å²) in [7, 11) is -3.44. The van der Waals surface area contributed by atoms with Crippen LogP contribution in [0.5, 0.6) is 0 Å². The van der Waals surface area contributed by atoms with Crippen LogP contribution in [0, 0.1) is 0 Å². The zero-order valence-corrected chi connectivity index (χ0v) is 15.6. The summed E-state index contributed by atoms with van der Waals surface area (Å²) in [6.45, 7) is 1.14. The molecule has 6 heteroatoms. The number of rotatable bonds is 4. The lowest BCUT2D eigenvalue weighted by atomic mass is 9.81. The van der Waals surface area contributed by atoms with Crippen LogP contribution in [0.4, 0.5) is 0 Å². The molecule has 5 nitrogen and oxygen atoms in total. The molecule has 0 radical (unpaired) electrons. The fourth-order valence-electron chi connectivity index (χ4n) is 4.21. The number of carbonyl (C=O) groups excluding carboxylic acids is 1. The van der Waals surface area contributed by atoms with Gasteiger partial charge in [0.25, 0.3) is 0 Å². The molecule has 1 saturated carbocycles. The summed E-state index contributed by atoms with van der Waals surface area (Å²) in [5.41, 5.74) is 1.36. The third-order valence-electron chi connectivity index (χ3n) is 5.87. The first-order valence-corrected chi connectivity index (χ1v) is 11.1. The van der Waals surface area contributed by atoms with Gasteiger partial charge >= 0.3 is 0 Å². The van der Waals surface area contributed by atoms with Crippen LogP contribution in [0.25, 0.3) is 0 Å². The van der Waals surface area contributed by atoms with Crippen molar-refractivity contribution in [3.8, 4) is 0 Å². The third kappa shape index (κ3) is 3.90. The van der Waals surface area contributed by atoms with Crippen LogP contribution in [-0.4, -0.2) is 44.5 Å². The summed E-state index contributed by atoms with van der Waals surface area (Å²) in [4.78, 5) is 12.9. The Kier molecular flexibility index (Phi) is 5.49. The third-order valence-corrected chi connectivity index (χ3v) is 7.88. The molecule has 2 fully saturated rings. The van der Waals surface area contributed by atoms with Crippen molar-refractivity contribution in [1.82, 2.24) is 10.6 Å². The van der Waals surface area contributed by atoms with Crippen molar-refractivity contribution in [3.63, 3.8) is 0 Å². The van der Waals surface area contributed by atoms with Gasteiger partial charge < -0.3 is 10.6 Å². The quantitative estimate of drug-likeness (QED) is 0.857. The van der Waals surface area contributed by atoms with Gasteiger partial charge in [-0.1, -0.05) is 30.3 Å². The van der Waals surface area contributed by atoms with Crippen LogP contribution in [0.15, 0.2) is 30.3 Å². The highest BCUT2D eigenvalue weighted by atomic mass is 32.2. The number of carbonyl (C=O) groups is 1. The van der Waals surface area contributed by atoms with Gasteiger partial charge in [-0.05, 0) is 63.1 Å². The molecule has 0 unspecified atom stereocenters. The van der Waals surface area contributed by atoms with Gasteiger partial charge in [-0.3, -0.25) is 4.79 Å². The molecule has 0 bridgehead atoms. The monoisotopic (exact) mass is 364 g/mol. The van der Waals surface area contributed by atoms with E-state index in [1.165, 1.54) is 11.8 Å². The van der Waals surface area contributed by atoms with Crippen LogP contribution >= 0.6 is 0 Å². The van der Waals surface area contributed by atoms with Crippen molar-refractivity contribution < 1.29 is 13.2 Å². The van der Waals surface area contributed by atoms with E-state index < -0.39 is 14.6 Å². The molecule has 138 valence electrons. The molecule has 1 aromatic carbocycles. The van der Waals surface area contributed by atoms with Gasteiger partial charge in [0.05, 0.1) is 0 Å². The van der Waals surface area contributed by atoms with E-state index >= 15 is 0 Å². The topological polar surface area (TPSA) is 75.3 Å². The fraction of sp³-hybridized carbons (Fsp3) is 0.632. The molecule has 1 aromatic rings. The lowest BCUT2D eigenvalue weighted by Gasteiger charge is -2.37. The van der Waals surface area contributed by atoms with Crippen molar-refractivity contribution in [3.05, 3.63) is 35.9 Å². The Labute approximate surface area is 150 Å². The first-order valence-electron chi connectivity index (χ1n) is 9.19. The van der Waals surface area contributed by atoms with Crippen molar-refractivity contribution in [2.75, 3.05) is 19.3 Å².